The van der Waals surface area contributed by atoms with E-state index in [1.54, 1.807) is 61.7 Å². The van der Waals surface area contributed by atoms with Crippen molar-refractivity contribution in [2.75, 3.05) is 14.2 Å². The Hall–Kier alpha value is -3.58. The standard InChI is InChI=1S/C24H17BrO6/c1-28-20-10-8-14(12-22(20)29-2)18-11-15-7-9-16(13-21(15)31-24(18)27)30-23(26)17-5-3-4-6-19(17)25/h3-13H,1-2H3. The van der Waals surface area contributed by atoms with Crippen LogP contribution in [0.15, 0.2) is 80.4 Å². The number of hydrogen-bond acceptors (Lipinski definition) is 6. The third-order valence-corrected chi connectivity index (χ3v) is 5.40. The van der Waals surface area contributed by atoms with Gasteiger partial charge in [-0.15, -0.1) is 0 Å². The molecule has 0 saturated heterocycles. The Morgan fingerprint density at radius 2 is 1.68 bits per heavy atom. The lowest BCUT2D eigenvalue weighted by atomic mass is 10.1. The maximum Gasteiger partial charge on any atom is 0.344 e. The van der Waals surface area contributed by atoms with Crippen LogP contribution in [0.1, 0.15) is 10.4 Å². The Balaban J connectivity index is 1.68. The van der Waals surface area contributed by atoms with Crippen molar-refractivity contribution in [1.29, 1.82) is 0 Å². The fourth-order valence-corrected chi connectivity index (χ4v) is 3.60. The molecule has 1 aromatic heterocycles. The van der Waals surface area contributed by atoms with Gasteiger partial charge in [0, 0.05) is 15.9 Å². The molecule has 0 unspecified atom stereocenters. The number of methoxy groups -OCH3 is 2. The van der Waals surface area contributed by atoms with Crippen LogP contribution in [0.2, 0.25) is 0 Å². The minimum Gasteiger partial charge on any atom is -0.493 e. The summed E-state index contributed by atoms with van der Waals surface area (Å²) in [5.74, 6) is 0.827. The number of carbonyl (C=O) groups excluding carboxylic acids is 1. The van der Waals surface area contributed by atoms with Crippen LogP contribution < -0.4 is 19.8 Å². The molecule has 3 aromatic carbocycles. The molecule has 0 spiro atoms. The summed E-state index contributed by atoms with van der Waals surface area (Å²) >= 11 is 3.33. The van der Waals surface area contributed by atoms with E-state index >= 15 is 0 Å². The first-order valence-corrected chi connectivity index (χ1v) is 10.1. The molecule has 0 aliphatic carbocycles. The van der Waals surface area contributed by atoms with Gasteiger partial charge in [0.25, 0.3) is 0 Å². The van der Waals surface area contributed by atoms with Gasteiger partial charge in [-0.1, -0.05) is 18.2 Å². The lowest BCUT2D eigenvalue weighted by Crippen LogP contribution is -2.09. The second-order valence-electron chi connectivity index (χ2n) is 6.59. The monoisotopic (exact) mass is 480 g/mol. The lowest BCUT2D eigenvalue weighted by molar-refractivity contribution is 0.0734. The second-order valence-corrected chi connectivity index (χ2v) is 7.44. The first kappa shape index (κ1) is 20.7. The van der Waals surface area contributed by atoms with Gasteiger partial charge in [-0.05, 0) is 64.0 Å². The average molecular weight is 481 g/mol. The van der Waals surface area contributed by atoms with Crippen LogP contribution in [0.5, 0.6) is 17.2 Å². The van der Waals surface area contributed by atoms with Gasteiger partial charge in [0.05, 0.1) is 25.3 Å². The van der Waals surface area contributed by atoms with E-state index in [0.29, 0.717) is 43.6 Å². The van der Waals surface area contributed by atoms with Crippen molar-refractivity contribution in [3.8, 4) is 28.4 Å². The molecular weight excluding hydrogens is 464 g/mol. The molecule has 0 saturated carbocycles. The third-order valence-electron chi connectivity index (χ3n) is 4.71. The highest BCUT2D eigenvalue weighted by molar-refractivity contribution is 9.10. The molecule has 0 aliphatic heterocycles. The van der Waals surface area contributed by atoms with Gasteiger partial charge in [-0.3, -0.25) is 0 Å². The molecular formula is C24H17BrO6. The predicted molar refractivity (Wildman–Crippen MR) is 120 cm³/mol. The van der Waals surface area contributed by atoms with Gasteiger partial charge in [-0.2, -0.15) is 0 Å². The molecule has 6 nitrogen and oxygen atoms in total. The molecule has 0 N–H and O–H groups in total. The smallest absolute Gasteiger partial charge is 0.344 e. The number of ether oxygens (including phenoxy) is 3. The van der Waals surface area contributed by atoms with E-state index in [1.807, 2.05) is 6.07 Å². The van der Waals surface area contributed by atoms with Crippen molar-refractivity contribution in [3.05, 3.63) is 87.2 Å². The average Bonchev–Trinajstić information content (AvgIpc) is 2.78. The molecule has 4 rings (SSSR count). The zero-order valence-corrected chi connectivity index (χ0v) is 18.3. The van der Waals surface area contributed by atoms with Gasteiger partial charge in [0.2, 0.25) is 0 Å². The highest BCUT2D eigenvalue weighted by Gasteiger charge is 2.15. The number of rotatable bonds is 5. The molecule has 7 heteroatoms. The lowest BCUT2D eigenvalue weighted by Gasteiger charge is -2.10. The number of benzene rings is 3. The summed E-state index contributed by atoms with van der Waals surface area (Å²) in [5, 5.41) is 0.685. The van der Waals surface area contributed by atoms with Crippen LogP contribution in [-0.2, 0) is 0 Å². The first-order chi connectivity index (χ1) is 15.0. The Morgan fingerprint density at radius 1 is 0.903 bits per heavy atom. The molecule has 156 valence electrons. The Kier molecular flexibility index (Phi) is 5.77. The molecule has 0 fully saturated rings. The van der Waals surface area contributed by atoms with Crippen molar-refractivity contribution < 1.29 is 23.4 Å². The topological polar surface area (TPSA) is 75.0 Å². The predicted octanol–water partition coefficient (Wildman–Crippen LogP) is 5.46. The van der Waals surface area contributed by atoms with Gasteiger partial charge >= 0.3 is 11.6 Å². The SMILES string of the molecule is COc1ccc(-c2cc3ccc(OC(=O)c4ccccc4Br)cc3oc2=O)cc1OC. The highest BCUT2D eigenvalue weighted by atomic mass is 79.9. The number of halogens is 1. The van der Waals surface area contributed by atoms with Crippen molar-refractivity contribution in [1.82, 2.24) is 0 Å². The minimum atomic E-state index is -0.519. The Morgan fingerprint density at radius 3 is 2.42 bits per heavy atom. The summed E-state index contributed by atoms with van der Waals surface area (Å²) in [6, 6.07) is 18.8. The molecule has 0 bridgehead atoms. The van der Waals surface area contributed by atoms with E-state index in [2.05, 4.69) is 15.9 Å². The highest BCUT2D eigenvalue weighted by Crippen LogP contribution is 2.32. The zero-order chi connectivity index (χ0) is 22.0. The van der Waals surface area contributed by atoms with Gasteiger partial charge in [0.15, 0.2) is 11.5 Å². The summed E-state index contributed by atoms with van der Waals surface area (Å²) in [7, 11) is 3.07. The summed E-state index contributed by atoms with van der Waals surface area (Å²) in [6.45, 7) is 0. The summed E-state index contributed by atoms with van der Waals surface area (Å²) in [5.41, 5.74) is 1.21. The maximum absolute atomic E-state index is 12.6. The molecule has 0 radical (unpaired) electrons. The maximum atomic E-state index is 12.6. The van der Waals surface area contributed by atoms with E-state index in [4.69, 9.17) is 18.6 Å². The Labute approximate surface area is 186 Å². The summed E-state index contributed by atoms with van der Waals surface area (Å²) < 4.78 is 22.1. The van der Waals surface area contributed by atoms with Gasteiger partial charge in [-0.25, -0.2) is 9.59 Å². The van der Waals surface area contributed by atoms with Crippen molar-refractivity contribution >= 4 is 32.9 Å². The third kappa shape index (κ3) is 4.18. The van der Waals surface area contributed by atoms with E-state index < -0.39 is 11.6 Å². The fraction of sp³-hybridized carbons (Fsp3) is 0.0833. The molecule has 0 aliphatic rings. The van der Waals surface area contributed by atoms with Crippen LogP contribution in [0.3, 0.4) is 0 Å². The second kappa shape index (κ2) is 8.65. The van der Waals surface area contributed by atoms with Crippen LogP contribution in [0, 0.1) is 0 Å². The summed E-state index contributed by atoms with van der Waals surface area (Å²) in [4.78, 5) is 25.1. The van der Waals surface area contributed by atoms with Crippen molar-refractivity contribution in [2.24, 2.45) is 0 Å². The molecule has 1 heterocycles. The number of carbonyl (C=O) groups is 1. The van der Waals surface area contributed by atoms with Crippen molar-refractivity contribution in [3.63, 3.8) is 0 Å². The van der Waals surface area contributed by atoms with E-state index in [0.717, 1.165) is 0 Å². The largest absolute Gasteiger partial charge is 0.493 e. The van der Waals surface area contributed by atoms with Crippen molar-refractivity contribution in [2.45, 2.75) is 0 Å². The molecule has 0 amide bonds. The summed E-state index contributed by atoms with van der Waals surface area (Å²) in [6.07, 6.45) is 0. The van der Waals surface area contributed by atoms with Gasteiger partial charge < -0.3 is 18.6 Å². The van der Waals surface area contributed by atoms with Gasteiger partial charge in [0.1, 0.15) is 11.3 Å². The molecule has 4 aromatic rings. The molecule has 0 atom stereocenters. The van der Waals surface area contributed by atoms with Crippen LogP contribution in [0.25, 0.3) is 22.1 Å². The minimum absolute atomic E-state index is 0.273. The Bertz CT molecular complexity index is 1340. The van der Waals surface area contributed by atoms with Crippen LogP contribution >= 0.6 is 15.9 Å². The number of hydrogen-bond donors (Lipinski definition) is 0. The van der Waals surface area contributed by atoms with E-state index in [1.165, 1.54) is 13.2 Å². The quantitative estimate of drug-likeness (QED) is 0.214. The van der Waals surface area contributed by atoms with Crippen LogP contribution in [0.4, 0.5) is 0 Å². The molecule has 31 heavy (non-hydrogen) atoms. The number of esters is 1. The van der Waals surface area contributed by atoms with E-state index in [-0.39, 0.29) is 5.75 Å². The first-order valence-electron chi connectivity index (χ1n) is 9.27. The van der Waals surface area contributed by atoms with Crippen LogP contribution in [-0.4, -0.2) is 20.2 Å². The number of fused-ring (bicyclic) bond motifs is 1. The normalized spacial score (nSPS) is 10.7. The fourth-order valence-electron chi connectivity index (χ4n) is 3.15. The van der Waals surface area contributed by atoms with E-state index in [9.17, 15) is 9.59 Å². The zero-order valence-electron chi connectivity index (χ0n) is 16.7.